The van der Waals surface area contributed by atoms with E-state index in [0.29, 0.717) is 6.42 Å². The fourth-order valence-corrected chi connectivity index (χ4v) is 2.59. The number of halogens is 3. The first-order valence-corrected chi connectivity index (χ1v) is 9.04. The van der Waals surface area contributed by atoms with Crippen LogP contribution in [0, 0.1) is 19.8 Å². The number of benzene rings is 1. The highest BCUT2D eigenvalue weighted by molar-refractivity contribution is 7.80. The molecular weight excluding hydrogens is 389 g/mol. The van der Waals surface area contributed by atoms with Crippen LogP contribution < -0.4 is 16.0 Å². The molecule has 1 aromatic carbocycles. The highest BCUT2D eigenvalue weighted by Crippen LogP contribution is 2.29. The molecule has 1 aromatic rings. The van der Waals surface area contributed by atoms with Gasteiger partial charge in [0.2, 0.25) is 9.70 Å². The fraction of sp³-hybridized carbons (Fsp3) is 0.500. The average Bonchev–Trinajstić information content (AvgIpc) is 2.39. The molecular formula is C16H22Cl3N3OS. The van der Waals surface area contributed by atoms with Gasteiger partial charge >= 0.3 is 0 Å². The smallest absolute Gasteiger partial charge is 0.228 e. The number of thiocarbonyl (C=S) groups is 1. The van der Waals surface area contributed by atoms with Crippen LogP contribution in [0.25, 0.3) is 0 Å². The van der Waals surface area contributed by atoms with Crippen molar-refractivity contribution in [2.45, 2.75) is 44.1 Å². The van der Waals surface area contributed by atoms with Gasteiger partial charge in [0.25, 0.3) is 0 Å². The molecule has 8 heteroatoms. The maximum Gasteiger partial charge on any atom is 0.228 e. The molecule has 24 heavy (non-hydrogen) atoms. The van der Waals surface area contributed by atoms with Gasteiger partial charge in [-0.1, -0.05) is 66.3 Å². The summed E-state index contributed by atoms with van der Waals surface area (Å²) in [4.78, 5) is 12.0. The molecule has 0 fully saturated rings. The highest BCUT2D eigenvalue weighted by Gasteiger charge is 2.34. The first-order chi connectivity index (χ1) is 11.0. The molecule has 0 radical (unpaired) electrons. The Balaban J connectivity index is 2.75. The molecule has 0 unspecified atom stereocenters. The van der Waals surface area contributed by atoms with E-state index in [-0.39, 0.29) is 16.9 Å². The number of aryl methyl sites for hydroxylation is 2. The van der Waals surface area contributed by atoms with Crippen LogP contribution in [-0.4, -0.2) is 21.0 Å². The first-order valence-electron chi connectivity index (χ1n) is 7.50. The molecule has 0 aliphatic carbocycles. The highest BCUT2D eigenvalue weighted by atomic mass is 35.6. The van der Waals surface area contributed by atoms with Gasteiger partial charge in [-0.2, -0.15) is 0 Å². The number of rotatable bonds is 5. The van der Waals surface area contributed by atoms with E-state index in [4.69, 9.17) is 47.0 Å². The van der Waals surface area contributed by atoms with Crippen LogP contribution in [0.1, 0.15) is 31.4 Å². The standard InChI is InChI=1S/C16H22Cl3N3OS/c1-9(2)7-13(23)21-14(16(17,18)19)22-15(24)20-12-6-5-10(3)8-11(12)4/h5-6,8-9,14H,7H2,1-4H3,(H,21,23)(H2,20,22,24)/t14-/m1/s1. The summed E-state index contributed by atoms with van der Waals surface area (Å²) in [5.41, 5.74) is 3.03. The lowest BCUT2D eigenvalue weighted by Gasteiger charge is -2.28. The molecule has 1 rings (SSSR count). The summed E-state index contributed by atoms with van der Waals surface area (Å²) >= 11 is 23.1. The molecule has 1 amide bonds. The number of carbonyl (C=O) groups is 1. The zero-order chi connectivity index (χ0) is 18.5. The molecule has 0 spiro atoms. The number of alkyl halides is 3. The average molecular weight is 411 g/mol. The molecule has 134 valence electrons. The molecule has 0 heterocycles. The van der Waals surface area contributed by atoms with E-state index in [9.17, 15) is 4.79 Å². The van der Waals surface area contributed by atoms with E-state index >= 15 is 0 Å². The SMILES string of the molecule is Cc1ccc(NC(=S)N[C@@H](NC(=O)CC(C)C)C(Cl)(Cl)Cl)c(C)c1. The van der Waals surface area contributed by atoms with Crippen LogP contribution in [0.15, 0.2) is 18.2 Å². The summed E-state index contributed by atoms with van der Waals surface area (Å²) in [5.74, 6) is -0.0237. The summed E-state index contributed by atoms with van der Waals surface area (Å²) in [5, 5.41) is 8.80. The van der Waals surface area contributed by atoms with Crippen LogP contribution in [0.5, 0.6) is 0 Å². The quantitative estimate of drug-likeness (QED) is 0.381. The van der Waals surface area contributed by atoms with Crippen molar-refractivity contribution < 1.29 is 4.79 Å². The van der Waals surface area contributed by atoms with Crippen molar-refractivity contribution in [1.29, 1.82) is 0 Å². The molecule has 3 N–H and O–H groups in total. The molecule has 0 saturated heterocycles. The molecule has 0 bridgehead atoms. The van der Waals surface area contributed by atoms with E-state index in [1.54, 1.807) is 0 Å². The Hall–Kier alpha value is -0.750. The van der Waals surface area contributed by atoms with E-state index in [1.807, 2.05) is 45.9 Å². The topological polar surface area (TPSA) is 53.2 Å². The molecule has 0 aliphatic rings. The second-order valence-corrected chi connectivity index (χ2v) is 8.83. The van der Waals surface area contributed by atoms with Gasteiger partial charge in [-0.3, -0.25) is 4.79 Å². The van der Waals surface area contributed by atoms with Crippen molar-refractivity contribution in [3.05, 3.63) is 29.3 Å². The van der Waals surface area contributed by atoms with Crippen molar-refractivity contribution in [3.63, 3.8) is 0 Å². The van der Waals surface area contributed by atoms with Crippen molar-refractivity contribution in [2.24, 2.45) is 5.92 Å². The minimum absolute atomic E-state index is 0.196. The van der Waals surface area contributed by atoms with Gasteiger partial charge in [0.05, 0.1) is 0 Å². The first kappa shape index (κ1) is 21.3. The summed E-state index contributed by atoms with van der Waals surface area (Å²) in [6, 6.07) is 5.91. The Morgan fingerprint density at radius 2 is 1.83 bits per heavy atom. The van der Waals surface area contributed by atoms with E-state index in [2.05, 4.69) is 16.0 Å². The third kappa shape index (κ3) is 7.43. The van der Waals surface area contributed by atoms with Gasteiger partial charge in [0.15, 0.2) is 5.11 Å². The summed E-state index contributed by atoms with van der Waals surface area (Å²) < 4.78 is -1.75. The molecule has 0 aliphatic heterocycles. The van der Waals surface area contributed by atoms with Crippen LogP contribution >= 0.6 is 47.0 Å². The molecule has 1 atom stereocenters. The van der Waals surface area contributed by atoms with Crippen molar-refractivity contribution in [1.82, 2.24) is 10.6 Å². The largest absolute Gasteiger partial charge is 0.339 e. The van der Waals surface area contributed by atoms with E-state index in [1.165, 1.54) is 0 Å². The van der Waals surface area contributed by atoms with Crippen LogP contribution in [-0.2, 0) is 4.79 Å². The van der Waals surface area contributed by atoms with Crippen LogP contribution in [0.3, 0.4) is 0 Å². The number of carbonyl (C=O) groups excluding carboxylic acids is 1. The Morgan fingerprint density at radius 3 is 2.33 bits per heavy atom. The Kier molecular flexibility index (Phi) is 8.06. The molecule has 0 aromatic heterocycles. The second kappa shape index (κ2) is 9.09. The lowest BCUT2D eigenvalue weighted by Crippen LogP contribution is -2.56. The van der Waals surface area contributed by atoms with Gasteiger partial charge in [0, 0.05) is 12.1 Å². The second-order valence-electron chi connectivity index (χ2n) is 6.06. The zero-order valence-corrected chi connectivity index (χ0v) is 17.1. The Labute approximate surface area is 163 Å². The normalized spacial score (nSPS) is 12.7. The van der Waals surface area contributed by atoms with Gasteiger partial charge in [-0.25, -0.2) is 0 Å². The maximum absolute atomic E-state index is 12.0. The minimum atomic E-state index is -1.75. The lowest BCUT2D eigenvalue weighted by molar-refractivity contribution is -0.122. The predicted octanol–water partition coefficient (Wildman–Crippen LogP) is 4.45. The third-order valence-electron chi connectivity index (χ3n) is 3.13. The summed E-state index contributed by atoms with van der Waals surface area (Å²) in [6.07, 6.45) is -0.615. The number of anilines is 1. The minimum Gasteiger partial charge on any atom is -0.339 e. The molecule has 4 nitrogen and oxygen atoms in total. The van der Waals surface area contributed by atoms with Crippen molar-refractivity contribution in [2.75, 3.05) is 5.32 Å². The number of hydrogen-bond acceptors (Lipinski definition) is 2. The number of amides is 1. The van der Waals surface area contributed by atoms with Gasteiger partial charge < -0.3 is 16.0 Å². The fourth-order valence-electron chi connectivity index (χ4n) is 2.03. The maximum atomic E-state index is 12.0. The zero-order valence-electron chi connectivity index (χ0n) is 14.0. The number of nitrogens with one attached hydrogen (secondary N) is 3. The van der Waals surface area contributed by atoms with Gasteiger partial charge in [-0.15, -0.1) is 0 Å². The Bertz CT molecular complexity index is 603. The molecule has 0 saturated carbocycles. The van der Waals surface area contributed by atoms with Gasteiger partial charge in [0.1, 0.15) is 6.17 Å². The summed E-state index contributed by atoms with van der Waals surface area (Å²) in [6.45, 7) is 7.85. The van der Waals surface area contributed by atoms with Crippen molar-refractivity contribution >= 4 is 63.7 Å². The Morgan fingerprint density at radius 1 is 1.21 bits per heavy atom. The third-order valence-corrected chi connectivity index (χ3v) is 4.01. The van der Waals surface area contributed by atoms with Crippen LogP contribution in [0.2, 0.25) is 0 Å². The number of hydrogen-bond donors (Lipinski definition) is 3. The van der Waals surface area contributed by atoms with Crippen LogP contribution in [0.4, 0.5) is 5.69 Å². The van der Waals surface area contributed by atoms with Crippen molar-refractivity contribution in [3.8, 4) is 0 Å². The monoisotopic (exact) mass is 409 g/mol. The summed E-state index contributed by atoms with van der Waals surface area (Å²) in [7, 11) is 0. The predicted molar refractivity (Wildman–Crippen MR) is 107 cm³/mol. The van der Waals surface area contributed by atoms with E-state index < -0.39 is 9.96 Å². The van der Waals surface area contributed by atoms with Gasteiger partial charge in [-0.05, 0) is 43.6 Å². The lowest BCUT2D eigenvalue weighted by atomic mass is 10.1. The van der Waals surface area contributed by atoms with E-state index in [0.717, 1.165) is 16.8 Å².